The first-order valence-electron chi connectivity index (χ1n) is 8.36. The molecule has 1 aliphatic rings. The van der Waals surface area contributed by atoms with Gasteiger partial charge in [-0.05, 0) is 37.0 Å². The van der Waals surface area contributed by atoms with Crippen LogP contribution < -0.4 is 5.32 Å². The molecule has 0 spiro atoms. The Kier molecular flexibility index (Phi) is 6.46. The van der Waals surface area contributed by atoms with Crippen molar-refractivity contribution in [3.05, 3.63) is 34.9 Å². The van der Waals surface area contributed by atoms with Crippen LogP contribution in [0.2, 0.25) is 5.02 Å². The van der Waals surface area contributed by atoms with Crippen LogP contribution in [0.5, 0.6) is 0 Å². The molecule has 0 radical (unpaired) electrons. The summed E-state index contributed by atoms with van der Waals surface area (Å²) in [5, 5.41) is 3.65. The number of halogens is 1. The summed E-state index contributed by atoms with van der Waals surface area (Å²) in [6, 6.07) is 7.89. The molecule has 1 aromatic rings. The van der Waals surface area contributed by atoms with Crippen molar-refractivity contribution in [1.82, 2.24) is 10.2 Å². The molecule has 0 bridgehead atoms. The fraction of sp³-hybridized carbons (Fsp3) is 0.556. The third kappa shape index (κ3) is 4.71. The third-order valence-corrected chi connectivity index (χ3v) is 4.75. The molecule has 0 aromatic heterocycles. The molecule has 1 heterocycles. The average Bonchev–Trinajstić information content (AvgIpc) is 2.91. The fourth-order valence-corrected chi connectivity index (χ4v) is 3.37. The van der Waals surface area contributed by atoms with Crippen LogP contribution in [0.1, 0.15) is 38.7 Å². The molecule has 1 aliphatic heterocycles. The number of benzene rings is 1. The Morgan fingerprint density at radius 3 is 2.78 bits per heavy atom. The van der Waals surface area contributed by atoms with Gasteiger partial charge in [-0.15, -0.1) is 0 Å². The first-order chi connectivity index (χ1) is 11.0. The van der Waals surface area contributed by atoms with E-state index in [-0.39, 0.29) is 23.8 Å². The van der Waals surface area contributed by atoms with Crippen LogP contribution in [-0.4, -0.2) is 35.8 Å². The molecule has 5 heteroatoms. The molecule has 4 nitrogen and oxygen atoms in total. The zero-order valence-electron chi connectivity index (χ0n) is 13.8. The molecule has 1 atom stereocenters. The maximum atomic E-state index is 12.3. The van der Waals surface area contributed by atoms with Gasteiger partial charge in [-0.2, -0.15) is 0 Å². The van der Waals surface area contributed by atoms with Crippen LogP contribution >= 0.6 is 11.6 Å². The van der Waals surface area contributed by atoms with E-state index < -0.39 is 0 Å². The van der Waals surface area contributed by atoms with Gasteiger partial charge in [0, 0.05) is 30.6 Å². The third-order valence-electron chi connectivity index (χ3n) is 4.51. The van der Waals surface area contributed by atoms with Crippen molar-refractivity contribution in [1.29, 1.82) is 0 Å². The topological polar surface area (TPSA) is 49.4 Å². The van der Waals surface area contributed by atoms with E-state index in [9.17, 15) is 9.59 Å². The number of amides is 2. The van der Waals surface area contributed by atoms with Crippen molar-refractivity contribution in [3.63, 3.8) is 0 Å². The highest BCUT2D eigenvalue weighted by atomic mass is 35.5. The summed E-state index contributed by atoms with van der Waals surface area (Å²) in [4.78, 5) is 26.3. The van der Waals surface area contributed by atoms with Crippen molar-refractivity contribution >= 4 is 23.4 Å². The normalized spacial score (nSPS) is 17.8. The number of carbonyl (C=O) groups is 2. The molecule has 0 aliphatic carbocycles. The summed E-state index contributed by atoms with van der Waals surface area (Å²) in [6.45, 7) is 5.28. The van der Waals surface area contributed by atoms with Crippen molar-refractivity contribution in [3.8, 4) is 0 Å². The van der Waals surface area contributed by atoms with Gasteiger partial charge >= 0.3 is 0 Å². The van der Waals surface area contributed by atoms with Gasteiger partial charge in [-0.1, -0.05) is 37.6 Å². The van der Waals surface area contributed by atoms with E-state index in [1.165, 1.54) is 0 Å². The number of carbonyl (C=O) groups excluding carboxylic acids is 2. The minimum atomic E-state index is -0.220. The van der Waals surface area contributed by atoms with Gasteiger partial charge in [0.05, 0.1) is 5.92 Å². The highest BCUT2D eigenvalue weighted by Gasteiger charge is 2.36. The summed E-state index contributed by atoms with van der Waals surface area (Å²) < 4.78 is 0. The van der Waals surface area contributed by atoms with Crippen LogP contribution in [0.3, 0.4) is 0 Å². The molecule has 1 aromatic carbocycles. The van der Waals surface area contributed by atoms with E-state index in [4.69, 9.17) is 11.6 Å². The second-order valence-electron chi connectivity index (χ2n) is 6.09. The van der Waals surface area contributed by atoms with Gasteiger partial charge in [0.25, 0.3) is 0 Å². The van der Waals surface area contributed by atoms with Crippen LogP contribution in [0.4, 0.5) is 0 Å². The molecular formula is C18H25ClN2O2. The summed E-state index contributed by atoms with van der Waals surface area (Å²) in [7, 11) is 0. The molecule has 0 saturated carbocycles. The molecular weight excluding hydrogens is 312 g/mol. The minimum absolute atomic E-state index is 0.0196. The van der Waals surface area contributed by atoms with Crippen LogP contribution in [0.15, 0.2) is 24.3 Å². The molecule has 1 fully saturated rings. The number of nitrogens with one attached hydrogen (secondary N) is 1. The summed E-state index contributed by atoms with van der Waals surface area (Å²) >= 11 is 5.95. The number of rotatable bonds is 7. The fourth-order valence-electron chi connectivity index (χ4n) is 3.16. The molecule has 1 unspecified atom stereocenters. The van der Waals surface area contributed by atoms with Crippen LogP contribution in [0, 0.1) is 5.92 Å². The van der Waals surface area contributed by atoms with E-state index in [1.807, 2.05) is 29.2 Å². The second kappa shape index (κ2) is 8.34. The molecule has 1 N–H and O–H groups in total. The van der Waals surface area contributed by atoms with Gasteiger partial charge in [-0.3, -0.25) is 9.59 Å². The number of likely N-dealkylation sites (tertiary alicyclic amines) is 1. The Bertz CT molecular complexity index is 558. The zero-order valence-corrected chi connectivity index (χ0v) is 14.6. The SMILES string of the molecule is CCC(CC)N1CC(C(=O)NCCc2cccc(Cl)c2)CC1=O. The zero-order chi connectivity index (χ0) is 16.8. The van der Waals surface area contributed by atoms with Crippen molar-refractivity contribution in [2.24, 2.45) is 5.92 Å². The summed E-state index contributed by atoms with van der Waals surface area (Å²) in [5.41, 5.74) is 1.10. The first-order valence-corrected chi connectivity index (χ1v) is 8.74. The lowest BCUT2D eigenvalue weighted by atomic mass is 10.1. The minimum Gasteiger partial charge on any atom is -0.355 e. The van der Waals surface area contributed by atoms with E-state index in [0.29, 0.717) is 24.5 Å². The number of hydrogen-bond acceptors (Lipinski definition) is 2. The lowest BCUT2D eigenvalue weighted by Crippen LogP contribution is -2.38. The maximum Gasteiger partial charge on any atom is 0.225 e. The van der Waals surface area contributed by atoms with E-state index in [1.54, 1.807) is 0 Å². The van der Waals surface area contributed by atoms with E-state index in [0.717, 1.165) is 24.8 Å². The van der Waals surface area contributed by atoms with Crippen LogP contribution in [-0.2, 0) is 16.0 Å². The van der Waals surface area contributed by atoms with Crippen LogP contribution in [0.25, 0.3) is 0 Å². The predicted octanol–water partition coefficient (Wildman–Crippen LogP) is 3.04. The Morgan fingerprint density at radius 2 is 2.13 bits per heavy atom. The monoisotopic (exact) mass is 336 g/mol. The summed E-state index contributed by atoms with van der Waals surface area (Å²) in [6.07, 6.45) is 2.94. The van der Waals surface area contributed by atoms with Crippen molar-refractivity contribution in [2.45, 2.75) is 45.6 Å². The van der Waals surface area contributed by atoms with Crippen molar-refractivity contribution < 1.29 is 9.59 Å². The quantitative estimate of drug-likeness (QED) is 0.832. The van der Waals surface area contributed by atoms with Gasteiger partial charge < -0.3 is 10.2 Å². The predicted molar refractivity (Wildman–Crippen MR) is 92.4 cm³/mol. The lowest BCUT2D eigenvalue weighted by molar-refractivity contribution is -0.130. The largest absolute Gasteiger partial charge is 0.355 e. The first kappa shape index (κ1) is 17.8. The second-order valence-corrected chi connectivity index (χ2v) is 6.52. The Balaban J connectivity index is 1.81. The van der Waals surface area contributed by atoms with E-state index >= 15 is 0 Å². The van der Waals surface area contributed by atoms with E-state index in [2.05, 4.69) is 19.2 Å². The molecule has 2 amide bonds. The average molecular weight is 337 g/mol. The van der Waals surface area contributed by atoms with Gasteiger partial charge in [0.2, 0.25) is 11.8 Å². The Morgan fingerprint density at radius 1 is 1.39 bits per heavy atom. The molecule has 23 heavy (non-hydrogen) atoms. The Labute approximate surface area is 143 Å². The number of nitrogens with zero attached hydrogens (tertiary/aromatic N) is 1. The van der Waals surface area contributed by atoms with Gasteiger partial charge in [0.1, 0.15) is 0 Å². The summed E-state index contributed by atoms with van der Waals surface area (Å²) in [5.74, 6) is -0.134. The lowest BCUT2D eigenvalue weighted by Gasteiger charge is -2.26. The molecule has 1 saturated heterocycles. The molecule has 126 valence electrons. The standard InChI is InChI=1S/C18H25ClN2O2/c1-3-16(4-2)21-12-14(11-17(21)22)18(23)20-9-8-13-6-5-7-15(19)10-13/h5-7,10,14,16H,3-4,8-9,11-12H2,1-2H3,(H,20,23). The highest BCUT2D eigenvalue weighted by molar-refractivity contribution is 6.30. The molecule has 2 rings (SSSR count). The van der Waals surface area contributed by atoms with Gasteiger partial charge in [-0.25, -0.2) is 0 Å². The highest BCUT2D eigenvalue weighted by Crippen LogP contribution is 2.23. The smallest absolute Gasteiger partial charge is 0.225 e. The van der Waals surface area contributed by atoms with Gasteiger partial charge in [0.15, 0.2) is 0 Å². The Hall–Kier alpha value is -1.55. The van der Waals surface area contributed by atoms with Crippen molar-refractivity contribution in [2.75, 3.05) is 13.1 Å². The maximum absolute atomic E-state index is 12.3. The number of hydrogen-bond donors (Lipinski definition) is 1.